The minimum Gasteiger partial charge on any atom is -0.496 e. The first-order chi connectivity index (χ1) is 9.60. The van der Waals surface area contributed by atoms with Crippen molar-refractivity contribution in [2.75, 3.05) is 12.8 Å². The molecule has 4 heteroatoms. The molecule has 0 radical (unpaired) electrons. The normalized spacial score (nSPS) is 10.1. The first-order valence-electron chi connectivity index (χ1n) is 6.26. The van der Waals surface area contributed by atoms with Gasteiger partial charge in [0.2, 0.25) is 0 Å². The number of rotatable bonds is 5. The molecule has 2 aromatic carbocycles. The van der Waals surface area contributed by atoms with Crippen molar-refractivity contribution < 1.29 is 14.3 Å². The van der Waals surface area contributed by atoms with Crippen LogP contribution in [0.5, 0.6) is 11.5 Å². The summed E-state index contributed by atoms with van der Waals surface area (Å²) in [6.45, 7) is 1.85. The van der Waals surface area contributed by atoms with Gasteiger partial charge in [0.15, 0.2) is 5.78 Å². The number of nitrogen functional groups attached to an aromatic ring is 1. The number of hydrogen-bond donors (Lipinski definition) is 1. The Morgan fingerprint density at radius 3 is 2.65 bits per heavy atom. The predicted octanol–water partition coefficient (Wildman–Crippen LogP) is 3.06. The highest BCUT2D eigenvalue weighted by molar-refractivity contribution is 5.94. The van der Waals surface area contributed by atoms with Gasteiger partial charge in [0, 0.05) is 22.9 Å². The second kappa shape index (κ2) is 6.10. The van der Waals surface area contributed by atoms with Crippen molar-refractivity contribution in [3.05, 3.63) is 53.6 Å². The van der Waals surface area contributed by atoms with E-state index in [2.05, 4.69) is 0 Å². The molecule has 0 atom stereocenters. The van der Waals surface area contributed by atoms with Crippen molar-refractivity contribution in [3.63, 3.8) is 0 Å². The van der Waals surface area contributed by atoms with E-state index in [-0.39, 0.29) is 5.78 Å². The van der Waals surface area contributed by atoms with E-state index in [0.29, 0.717) is 29.4 Å². The molecule has 2 rings (SSSR count). The standard InChI is InChI=1S/C16H17NO3/c1-11(18)12-6-7-16(19-2)13(8-12)10-20-15-5-3-4-14(17)9-15/h3-9H,10,17H2,1-2H3. The van der Waals surface area contributed by atoms with Crippen molar-refractivity contribution in [3.8, 4) is 11.5 Å². The quantitative estimate of drug-likeness (QED) is 0.670. The van der Waals surface area contributed by atoms with E-state index < -0.39 is 0 Å². The maximum Gasteiger partial charge on any atom is 0.159 e. The topological polar surface area (TPSA) is 61.5 Å². The van der Waals surface area contributed by atoms with Crippen molar-refractivity contribution in [2.24, 2.45) is 0 Å². The van der Waals surface area contributed by atoms with Gasteiger partial charge in [0.1, 0.15) is 18.1 Å². The third-order valence-electron chi connectivity index (χ3n) is 2.94. The van der Waals surface area contributed by atoms with Gasteiger partial charge in [-0.2, -0.15) is 0 Å². The first-order valence-corrected chi connectivity index (χ1v) is 6.26. The smallest absolute Gasteiger partial charge is 0.159 e. The molecule has 0 aliphatic carbocycles. The summed E-state index contributed by atoms with van der Waals surface area (Å²) in [5.74, 6) is 1.39. The molecule has 2 N–H and O–H groups in total. The fourth-order valence-corrected chi connectivity index (χ4v) is 1.88. The zero-order valence-corrected chi connectivity index (χ0v) is 11.6. The van der Waals surface area contributed by atoms with Crippen LogP contribution in [0.1, 0.15) is 22.8 Å². The summed E-state index contributed by atoms with van der Waals surface area (Å²) >= 11 is 0. The summed E-state index contributed by atoms with van der Waals surface area (Å²) in [7, 11) is 1.59. The molecular formula is C16H17NO3. The molecule has 0 aromatic heterocycles. The lowest BCUT2D eigenvalue weighted by Crippen LogP contribution is -2.02. The van der Waals surface area contributed by atoms with E-state index in [1.807, 2.05) is 12.1 Å². The minimum atomic E-state index is 0.0119. The monoisotopic (exact) mass is 271 g/mol. The highest BCUT2D eigenvalue weighted by Crippen LogP contribution is 2.23. The van der Waals surface area contributed by atoms with Crippen LogP contribution in [0, 0.1) is 0 Å². The highest BCUT2D eigenvalue weighted by atomic mass is 16.5. The third kappa shape index (κ3) is 3.29. The molecule has 0 saturated carbocycles. The van der Waals surface area contributed by atoms with E-state index >= 15 is 0 Å². The van der Waals surface area contributed by atoms with Gasteiger partial charge in [0.25, 0.3) is 0 Å². The van der Waals surface area contributed by atoms with Gasteiger partial charge in [-0.25, -0.2) is 0 Å². The van der Waals surface area contributed by atoms with Gasteiger partial charge < -0.3 is 15.2 Å². The maximum atomic E-state index is 11.4. The lowest BCUT2D eigenvalue weighted by molar-refractivity contribution is 0.101. The highest BCUT2D eigenvalue weighted by Gasteiger charge is 2.08. The molecule has 2 aromatic rings. The third-order valence-corrected chi connectivity index (χ3v) is 2.94. The van der Waals surface area contributed by atoms with E-state index in [0.717, 1.165) is 5.56 Å². The van der Waals surface area contributed by atoms with Gasteiger partial charge in [-0.1, -0.05) is 6.07 Å². The van der Waals surface area contributed by atoms with E-state index in [4.69, 9.17) is 15.2 Å². The van der Waals surface area contributed by atoms with Gasteiger partial charge in [-0.15, -0.1) is 0 Å². The lowest BCUT2D eigenvalue weighted by Gasteiger charge is -2.11. The molecule has 0 unspecified atom stereocenters. The number of methoxy groups -OCH3 is 1. The fraction of sp³-hybridized carbons (Fsp3) is 0.188. The number of carbonyl (C=O) groups is 1. The van der Waals surface area contributed by atoms with E-state index in [1.54, 1.807) is 37.4 Å². The number of carbonyl (C=O) groups excluding carboxylic acids is 1. The number of hydrogen-bond acceptors (Lipinski definition) is 4. The molecule has 0 aliphatic heterocycles. The van der Waals surface area contributed by atoms with Crippen LogP contribution in [0.3, 0.4) is 0 Å². The number of benzene rings is 2. The Morgan fingerprint density at radius 1 is 1.20 bits per heavy atom. The number of nitrogens with two attached hydrogens (primary N) is 1. The Hall–Kier alpha value is -2.49. The molecule has 4 nitrogen and oxygen atoms in total. The molecule has 0 aliphatic rings. The SMILES string of the molecule is COc1ccc(C(C)=O)cc1COc1cccc(N)c1. The predicted molar refractivity (Wildman–Crippen MR) is 78.2 cm³/mol. The number of anilines is 1. The zero-order valence-electron chi connectivity index (χ0n) is 11.6. The molecule has 0 spiro atoms. The Kier molecular flexibility index (Phi) is 4.25. The maximum absolute atomic E-state index is 11.4. The Bertz CT molecular complexity index is 623. The second-order valence-electron chi connectivity index (χ2n) is 4.44. The van der Waals surface area contributed by atoms with E-state index in [1.165, 1.54) is 6.92 Å². The average molecular weight is 271 g/mol. The van der Waals surface area contributed by atoms with Crippen LogP contribution in [0.15, 0.2) is 42.5 Å². The van der Waals surface area contributed by atoms with Gasteiger partial charge in [-0.05, 0) is 37.3 Å². The summed E-state index contributed by atoms with van der Waals surface area (Å²) in [6.07, 6.45) is 0. The Balaban J connectivity index is 2.19. The van der Waals surface area contributed by atoms with E-state index in [9.17, 15) is 4.79 Å². The van der Waals surface area contributed by atoms with Crippen LogP contribution in [0.4, 0.5) is 5.69 Å². The number of ether oxygens (including phenoxy) is 2. The number of Topliss-reactive ketones (excluding diaryl/α,β-unsaturated/α-hetero) is 1. The molecule has 20 heavy (non-hydrogen) atoms. The average Bonchev–Trinajstić information content (AvgIpc) is 2.44. The molecule has 0 fully saturated rings. The Morgan fingerprint density at radius 2 is 2.00 bits per heavy atom. The summed E-state index contributed by atoms with van der Waals surface area (Å²) in [5.41, 5.74) is 7.80. The van der Waals surface area contributed by atoms with Crippen molar-refractivity contribution in [1.29, 1.82) is 0 Å². The van der Waals surface area contributed by atoms with Gasteiger partial charge in [0.05, 0.1) is 7.11 Å². The molecule has 0 amide bonds. The van der Waals surface area contributed by atoms with Crippen LogP contribution >= 0.6 is 0 Å². The Labute approximate surface area is 118 Å². The summed E-state index contributed by atoms with van der Waals surface area (Å²) in [6, 6.07) is 12.5. The fourth-order valence-electron chi connectivity index (χ4n) is 1.88. The van der Waals surface area contributed by atoms with Crippen LogP contribution in [-0.4, -0.2) is 12.9 Å². The molecular weight excluding hydrogens is 254 g/mol. The van der Waals surface area contributed by atoms with Crippen LogP contribution in [0.25, 0.3) is 0 Å². The molecule has 0 saturated heterocycles. The van der Waals surface area contributed by atoms with Crippen molar-refractivity contribution >= 4 is 11.5 Å². The largest absolute Gasteiger partial charge is 0.496 e. The molecule has 0 bridgehead atoms. The first kappa shape index (κ1) is 13.9. The number of ketones is 1. The summed E-state index contributed by atoms with van der Waals surface area (Å²) in [5, 5.41) is 0. The summed E-state index contributed by atoms with van der Waals surface area (Å²) < 4.78 is 11.0. The van der Waals surface area contributed by atoms with Crippen molar-refractivity contribution in [2.45, 2.75) is 13.5 Å². The second-order valence-corrected chi connectivity index (χ2v) is 4.44. The van der Waals surface area contributed by atoms with Gasteiger partial charge >= 0.3 is 0 Å². The van der Waals surface area contributed by atoms with Crippen LogP contribution in [-0.2, 0) is 6.61 Å². The van der Waals surface area contributed by atoms with Crippen LogP contribution < -0.4 is 15.2 Å². The molecule has 0 heterocycles. The van der Waals surface area contributed by atoms with Crippen molar-refractivity contribution in [1.82, 2.24) is 0 Å². The minimum absolute atomic E-state index is 0.0119. The lowest BCUT2D eigenvalue weighted by atomic mass is 10.1. The summed E-state index contributed by atoms with van der Waals surface area (Å²) in [4.78, 5) is 11.4. The molecule has 104 valence electrons. The van der Waals surface area contributed by atoms with Crippen LogP contribution in [0.2, 0.25) is 0 Å². The van der Waals surface area contributed by atoms with Gasteiger partial charge in [-0.3, -0.25) is 4.79 Å². The zero-order chi connectivity index (χ0) is 14.5.